The third-order valence-electron chi connectivity index (χ3n) is 3.45. The second kappa shape index (κ2) is 6.74. The lowest BCUT2D eigenvalue weighted by Crippen LogP contribution is -2.46. The smallest absolute Gasteiger partial charge is 0.340 e. The largest absolute Gasteiger partial charge is 0.462 e. The van der Waals surface area contributed by atoms with Crippen molar-refractivity contribution in [3.8, 4) is 0 Å². The van der Waals surface area contributed by atoms with E-state index in [-0.39, 0.29) is 30.1 Å². The van der Waals surface area contributed by atoms with Crippen LogP contribution in [0.3, 0.4) is 0 Å². The Balaban J connectivity index is 2.40. The molecule has 1 heterocycles. The Morgan fingerprint density at radius 3 is 2.59 bits per heavy atom. The van der Waals surface area contributed by atoms with E-state index >= 15 is 0 Å². The van der Waals surface area contributed by atoms with Crippen LogP contribution in [0.25, 0.3) is 0 Å². The van der Waals surface area contributed by atoms with E-state index < -0.39 is 10.9 Å². The highest BCUT2D eigenvalue weighted by Gasteiger charge is 2.27. The highest BCUT2D eigenvalue weighted by Crippen LogP contribution is 2.28. The summed E-state index contributed by atoms with van der Waals surface area (Å²) < 4.78 is 10.7. The predicted octanol–water partition coefficient (Wildman–Crippen LogP) is 2.39. The summed E-state index contributed by atoms with van der Waals surface area (Å²) in [4.78, 5) is 24.6. The predicted molar refractivity (Wildman–Crippen MR) is 81.3 cm³/mol. The molecule has 2 unspecified atom stereocenters. The van der Waals surface area contributed by atoms with E-state index in [0.717, 1.165) is 0 Å². The highest BCUT2D eigenvalue weighted by atomic mass is 16.6. The van der Waals surface area contributed by atoms with Gasteiger partial charge in [-0.25, -0.2) is 4.79 Å². The van der Waals surface area contributed by atoms with E-state index in [0.29, 0.717) is 18.8 Å². The second-order valence-corrected chi connectivity index (χ2v) is 5.34. The van der Waals surface area contributed by atoms with E-state index in [4.69, 9.17) is 9.47 Å². The maximum atomic E-state index is 12.1. The average molecular weight is 308 g/mol. The normalized spacial score (nSPS) is 21.5. The molecule has 0 spiro atoms. The minimum atomic E-state index is -0.548. The van der Waals surface area contributed by atoms with E-state index in [1.54, 1.807) is 13.0 Å². The standard InChI is InChI=1S/C15H20N2O5/c1-4-21-15(18)13-7-12(17(19)20)5-6-14(13)16-8-10(2)22-11(3)9-16/h5-7,10-11H,4,8-9H2,1-3H3. The van der Waals surface area contributed by atoms with Gasteiger partial charge in [-0.1, -0.05) is 0 Å². The summed E-state index contributed by atoms with van der Waals surface area (Å²) >= 11 is 0. The summed E-state index contributed by atoms with van der Waals surface area (Å²) in [7, 11) is 0. The van der Waals surface area contributed by atoms with E-state index in [2.05, 4.69) is 0 Å². The molecule has 0 N–H and O–H groups in total. The summed E-state index contributed by atoms with van der Waals surface area (Å²) in [6, 6.07) is 4.29. The van der Waals surface area contributed by atoms with Crippen LogP contribution in [0.15, 0.2) is 18.2 Å². The summed E-state index contributed by atoms with van der Waals surface area (Å²) in [6.45, 7) is 7.07. The van der Waals surface area contributed by atoms with Crippen molar-refractivity contribution in [3.63, 3.8) is 0 Å². The van der Waals surface area contributed by atoms with Crippen LogP contribution in [-0.4, -0.2) is 42.8 Å². The van der Waals surface area contributed by atoms with Crippen LogP contribution in [0.5, 0.6) is 0 Å². The van der Waals surface area contributed by atoms with Crippen LogP contribution in [0.4, 0.5) is 11.4 Å². The maximum Gasteiger partial charge on any atom is 0.340 e. The molecule has 0 radical (unpaired) electrons. The van der Waals surface area contributed by atoms with Crippen LogP contribution in [0, 0.1) is 10.1 Å². The van der Waals surface area contributed by atoms with Crippen LogP contribution in [0.2, 0.25) is 0 Å². The average Bonchev–Trinajstić information content (AvgIpc) is 2.45. The zero-order chi connectivity index (χ0) is 16.3. The Kier molecular flexibility index (Phi) is 4.97. The Bertz CT molecular complexity index is 565. The number of carbonyl (C=O) groups is 1. The molecular weight excluding hydrogens is 288 g/mol. The van der Waals surface area contributed by atoms with Gasteiger partial charge in [0.05, 0.1) is 35.0 Å². The van der Waals surface area contributed by atoms with Gasteiger partial charge in [-0.05, 0) is 26.8 Å². The van der Waals surface area contributed by atoms with Crippen molar-refractivity contribution in [2.24, 2.45) is 0 Å². The van der Waals surface area contributed by atoms with Crippen molar-refractivity contribution in [2.75, 3.05) is 24.6 Å². The molecule has 0 saturated carbocycles. The number of non-ortho nitro benzene ring substituents is 1. The van der Waals surface area contributed by atoms with E-state index in [9.17, 15) is 14.9 Å². The number of ether oxygens (including phenoxy) is 2. The van der Waals surface area contributed by atoms with Crippen molar-refractivity contribution in [1.29, 1.82) is 0 Å². The molecule has 1 aliphatic rings. The number of esters is 1. The minimum Gasteiger partial charge on any atom is -0.462 e. The minimum absolute atomic E-state index is 0.0222. The number of hydrogen-bond donors (Lipinski definition) is 0. The van der Waals surface area contributed by atoms with E-state index in [1.807, 2.05) is 18.7 Å². The zero-order valence-corrected chi connectivity index (χ0v) is 12.9. The number of carbonyl (C=O) groups excluding carboxylic acids is 1. The third-order valence-corrected chi connectivity index (χ3v) is 3.45. The lowest BCUT2D eigenvalue weighted by atomic mass is 10.1. The van der Waals surface area contributed by atoms with Gasteiger partial charge in [-0.3, -0.25) is 10.1 Å². The number of morpholine rings is 1. The summed E-state index contributed by atoms with van der Waals surface area (Å²) in [5, 5.41) is 10.9. The van der Waals surface area contributed by atoms with Crippen molar-refractivity contribution >= 4 is 17.3 Å². The molecule has 7 nitrogen and oxygen atoms in total. The molecule has 2 atom stereocenters. The fraction of sp³-hybridized carbons (Fsp3) is 0.533. The number of anilines is 1. The molecule has 0 amide bonds. The molecule has 0 aliphatic carbocycles. The molecule has 120 valence electrons. The van der Waals surface area contributed by atoms with Crippen molar-refractivity contribution in [2.45, 2.75) is 33.0 Å². The van der Waals surface area contributed by atoms with Gasteiger partial charge in [0, 0.05) is 25.2 Å². The van der Waals surface area contributed by atoms with Gasteiger partial charge >= 0.3 is 5.97 Å². The molecule has 1 fully saturated rings. The molecular formula is C15H20N2O5. The first-order valence-corrected chi connectivity index (χ1v) is 7.28. The first kappa shape index (κ1) is 16.2. The molecule has 7 heteroatoms. The van der Waals surface area contributed by atoms with Gasteiger partial charge in [0.15, 0.2) is 0 Å². The van der Waals surface area contributed by atoms with Gasteiger partial charge in [0.2, 0.25) is 0 Å². The van der Waals surface area contributed by atoms with Crippen LogP contribution in [0.1, 0.15) is 31.1 Å². The molecule has 1 aromatic carbocycles. The first-order chi connectivity index (χ1) is 10.4. The number of nitro benzene ring substituents is 1. The van der Waals surface area contributed by atoms with Crippen LogP contribution < -0.4 is 4.90 Å². The molecule has 1 saturated heterocycles. The Hall–Kier alpha value is -2.15. The zero-order valence-electron chi connectivity index (χ0n) is 12.9. The second-order valence-electron chi connectivity index (χ2n) is 5.34. The fourth-order valence-electron chi connectivity index (χ4n) is 2.66. The fourth-order valence-corrected chi connectivity index (χ4v) is 2.66. The Morgan fingerprint density at radius 2 is 2.05 bits per heavy atom. The van der Waals surface area contributed by atoms with Crippen LogP contribution >= 0.6 is 0 Å². The summed E-state index contributed by atoms with van der Waals surface area (Å²) in [5.41, 5.74) is 0.740. The van der Waals surface area contributed by atoms with Crippen molar-refractivity contribution < 1.29 is 19.2 Å². The third kappa shape index (κ3) is 3.54. The molecule has 2 rings (SSSR count). The van der Waals surface area contributed by atoms with Gasteiger partial charge in [0.25, 0.3) is 5.69 Å². The van der Waals surface area contributed by atoms with Gasteiger partial charge in [0.1, 0.15) is 0 Å². The number of nitrogens with zero attached hydrogens (tertiary/aromatic N) is 2. The van der Waals surface area contributed by atoms with Crippen LogP contribution in [-0.2, 0) is 9.47 Å². The number of benzene rings is 1. The topological polar surface area (TPSA) is 81.9 Å². The quantitative estimate of drug-likeness (QED) is 0.482. The monoisotopic (exact) mass is 308 g/mol. The van der Waals surface area contributed by atoms with Gasteiger partial charge in [-0.2, -0.15) is 0 Å². The summed E-state index contributed by atoms with van der Waals surface area (Å²) in [6.07, 6.45) is 0.0444. The van der Waals surface area contributed by atoms with Crippen molar-refractivity contribution in [3.05, 3.63) is 33.9 Å². The lowest BCUT2D eigenvalue weighted by molar-refractivity contribution is -0.384. The number of rotatable bonds is 4. The lowest BCUT2D eigenvalue weighted by Gasteiger charge is -2.37. The first-order valence-electron chi connectivity index (χ1n) is 7.28. The molecule has 1 aromatic rings. The number of nitro groups is 1. The molecule has 0 aromatic heterocycles. The van der Waals surface area contributed by atoms with Crippen molar-refractivity contribution in [1.82, 2.24) is 0 Å². The Morgan fingerprint density at radius 1 is 1.41 bits per heavy atom. The molecule has 22 heavy (non-hydrogen) atoms. The summed E-state index contributed by atoms with van der Waals surface area (Å²) in [5.74, 6) is -0.548. The maximum absolute atomic E-state index is 12.1. The molecule has 0 bridgehead atoms. The van der Waals surface area contributed by atoms with Gasteiger partial charge in [-0.15, -0.1) is 0 Å². The highest BCUT2D eigenvalue weighted by molar-refractivity contribution is 5.96. The van der Waals surface area contributed by atoms with Gasteiger partial charge < -0.3 is 14.4 Å². The SMILES string of the molecule is CCOC(=O)c1cc([N+](=O)[O-])ccc1N1CC(C)OC(C)C1. The number of hydrogen-bond acceptors (Lipinski definition) is 6. The molecule has 1 aliphatic heterocycles. The Labute approximate surface area is 129 Å². The van der Waals surface area contributed by atoms with E-state index in [1.165, 1.54) is 12.1 Å².